The Bertz CT molecular complexity index is 642. The maximum absolute atomic E-state index is 13.9. The number of hydrogen-bond donors (Lipinski definition) is 2. The van der Waals surface area contributed by atoms with Crippen molar-refractivity contribution in [1.29, 1.82) is 0 Å². The van der Waals surface area contributed by atoms with Crippen LogP contribution in [0.3, 0.4) is 0 Å². The molecule has 110 valence electrons. The van der Waals surface area contributed by atoms with Gasteiger partial charge in [0.1, 0.15) is 16.3 Å². The number of carbonyl (C=O) groups is 1. The highest BCUT2D eigenvalue weighted by Gasteiger charge is 2.26. The van der Waals surface area contributed by atoms with Crippen molar-refractivity contribution in [2.75, 3.05) is 6.54 Å². The second kappa shape index (κ2) is 5.45. The van der Waals surface area contributed by atoms with Crippen molar-refractivity contribution >= 4 is 15.9 Å². The van der Waals surface area contributed by atoms with Crippen molar-refractivity contribution < 1.29 is 22.0 Å². The summed E-state index contributed by atoms with van der Waals surface area (Å²) in [5.74, 6) is -3.25. The summed E-state index contributed by atoms with van der Waals surface area (Å²) in [5.41, 5.74) is -0.921. The summed E-state index contributed by atoms with van der Waals surface area (Å²) in [5, 5.41) is 7.21. The molecule has 20 heavy (non-hydrogen) atoms. The smallest absolute Gasteiger partial charge is 0.257 e. The Hall–Kier alpha value is -1.54. The molecule has 1 amide bonds. The summed E-state index contributed by atoms with van der Waals surface area (Å²) in [6.45, 7) is 0.317. The molecular weight excluding hydrogens is 290 g/mol. The third-order valence-electron chi connectivity index (χ3n) is 3.37. The third-order valence-corrected chi connectivity index (χ3v) is 4.29. The molecule has 3 N–H and O–H groups in total. The van der Waals surface area contributed by atoms with Gasteiger partial charge in [0.05, 0.1) is 0 Å². The van der Waals surface area contributed by atoms with Crippen molar-refractivity contribution in [3.63, 3.8) is 0 Å². The van der Waals surface area contributed by atoms with Crippen LogP contribution in [0.15, 0.2) is 17.0 Å². The Balaban J connectivity index is 2.27. The molecule has 1 aromatic rings. The van der Waals surface area contributed by atoms with Crippen molar-refractivity contribution in [1.82, 2.24) is 5.32 Å². The Morgan fingerprint density at radius 2 is 2.00 bits per heavy atom. The molecule has 0 aliphatic heterocycles. The molecule has 0 radical (unpaired) electrons. The molecule has 1 fully saturated rings. The molecule has 0 atom stereocenters. The third kappa shape index (κ3) is 2.96. The predicted molar refractivity (Wildman–Crippen MR) is 67.4 cm³/mol. The molecule has 8 heteroatoms. The topological polar surface area (TPSA) is 89.3 Å². The summed E-state index contributed by atoms with van der Waals surface area (Å²) in [7, 11) is -4.35. The molecule has 0 saturated heterocycles. The lowest BCUT2D eigenvalue weighted by molar-refractivity contribution is 0.0930. The summed E-state index contributed by atoms with van der Waals surface area (Å²) in [6.07, 6.45) is 3.00. The average Bonchev–Trinajstić information content (AvgIpc) is 2.24. The van der Waals surface area contributed by atoms with Gasteiger partial charge in [0.2, 0.25) is 10.0 Å². The average molecular weight is 304 g/mol. The molecular formula is C12H14F2N2O3S. The van der Waals surface area contributed by atoms with Gasteiger partial charge in [-0.05, 0) is 30.9 Å². The first-order valence-electron chi connectivity index (χ1n) is 6.09. The van der Waals surface area contributed by atoms with E-state index >= 15 is 0 Å². The highest BCUT2D eigenvalue weighted by molar-refractivity contribution is 7.89. The molecule has 1 saturated carbocycles. The van der Waals surface area contributed by atoms with Gasteiger partial charge in [0, 0.05) is 6.54 Å². The minimum atomic E-state index is -4.35. The van der Waals surface area contributed by atoms with Crippen LogP contribution in [0.1, 0.15) is 29.6 Å². The highest BCUT2D eigenvalue weighted by Crippen LogP contribution is 2.25. The zero-order valence-electron chi connectivity index (χ0n) is 10.5. The van der Waals surface area contributed by atoms with E-state index in [1.807, 2.05) is 0 Å². The van der Waals surface area contributed by atoms with E-state index in [9.17, 15) is 22.0 Å². The lowest BCUT2D eigenvalue weighted by Gasteiger charge is -2.25. The summed E-state index contributed by atoms with van der Waals surface area (Å²) < 4.78 is 49.8. The van der Waals surface area contributed by atoms with Gasteiger partial charge < -0.3 is 5.32 Å². The van der Waals surface area contributed by atoms with E-state index in [1.54, 1.807) is 0 Å². The van der Waals surface area contributed by atoms with Gasteiger partial charge in [-0.1, -0.05) is 6.42 Å². The minimum absolute atomic E-state index is 0.312. The van der Waals surface area contributed by atoms with Crippen LogP contribution in [-0.2, 0) is 10.0 Å². The van der Waals surface area contributed by atoms with E-state index in [0.29, 0.717) is 24.6 Å². The second-order valence-electron chi connectivity index (χ2n) is 4.79. The molecule has 0 heterocycles. The van der Waals surface area contributed by atoms with Crippen LogP contribution >= 0.6 is 0 Å². The molecule has 1 aromatic carbocycles. The Kier molecular flexibility index (Phi) is 4.05. The predicted octanol–water partition coefficient (Wildman–Crippen LogP) is 1.14. The monoisotopic (exact) mass is 304 g/mol. The lowest BCUT2D eigenvalue weighted by atomic mass is 9.85. The number of primary sulfonamides is 1. The molecule has 5 nitrogen and oxygen atoms in total. The molecule has 2 rings (SSSR count). The SMILES string of the molecule is NS(=O)(=O)c1ccc(F)c(C(=O)NCC2CCC2)c1F. The van der Waals surface area contributed by atoms with Gasteiger partial charge in [-0.2, -0.15) is 0 Å². The lowest BCUT2D eigenvalue weighted by Crippen LogP contribution is -2.33. The first-order chi connectivity index (χ1) is 9.30. The number of rotatable bonds is 4. The Morgan fingerprint density at radius 3 is 2.50 bits per heavy atom. The maximum atomic E-state index is 13.9. The molecule has 0 spiro atoms. The van der Waals surface area contributed by atoms with Crippen molar-refractivity contribution in [3.8, 4) is 0 Å². The fourth-order valence-corrected chi connectivity index (χ4v) is 2.59. The van der Waals surface area contributed by atoms with Gasteiger partial charge in [0.15, 0.2) is 5.82 Å². The number of carbonyl (C=O) groups excluding carboxylic acids is 1. The van der Waals surface area contributed by atoms with Gasteiger partial charge in [0.25, 0.3) is 5.91 Å². The van der Waals surface area contributed by atoms with Crippen molar-refractivity contribution in [2.45, 2.75) is 24.2 Å². The van der Waals surface area contributed by atoms with Crippen LogP contribution in [0, 0.1) is 17.6 Å². The number of hydrogen-bond acceptors (Lipinski definition) is 3. The van der Waals surface area contributed by atoms with Crippen LogP contribution in [0.25, 0.3) is 0 Å². The Morgan fingerprint density at radius 1 is 1.35 bits per heavy atom. The van der Waals surface area contributed by atoms with Gasteiger partial charge in [-0.25, -0.2) is 22.3 Å². The van der Waals surface area contributed by atoms with Gasteiger partial charge in [-0.15, -0.1) is 0 Å². The molecule has 0 unspecified atom stereocenters. The standard InChI is InChI=1S/C12H14F2N2O3S/c13-8-4-5-9(20(15,18)19)11(14)10(8)12(17)16-6-7-2-1-3-7/h4-5,7H,1-3,6H2,(H,16,17)(H2,15,18,19). The van der Waals surface area contributed by atoms with E-state index in [0.717, 1.165) is 19.3 Å². The van der Waals surface area contributed by atoms with E-state index in [-0.39, 0.29) is 0 Å². The Labute approximate surface area is 115 Å². The minimum Gasteiger partial charge on any atom is -0.352 e. The quantitative estimate of drug-likeness (QED) is 0.874. The van der Waals surface area contributed by atoms with E-state index in [4.69, 9.17) is 5.14 Å². The fourth-order valence-electron chi connectivity index (χ4n) is 1.98. The van der Waals surface area contributed by atoms with Crippen LogP contribution in [0.4, 0.5) is 8.78 Å². The van der Waals surface area contributed by atoms with E-state index in [2.05, 4.69) is 5.32 Å². The van der Waals surface area contributed by atoms with Crippen molar-refractivity contribution in [2.24, 2.45) is 11.1 Å². The second-order valence-corrected chi connectivity index (χ2v) is 6.32. The molecule has 0 bridgehead atoms. The van der Waals surface area contributed by atoms with Gasteiger partial charge in [-0.3, -0.25) is 4.79 Å². The van der Waals surface area contributed by atoms with Crippen molar-refractivity contribution in [3.05, 3.63) is 29.3 Å². The van der Waals surface area contributed by atoms with Crippen LogP contribution in [0.5, 0.6) is 0 Å². The number of nitrogens with one attached hydrogen (secondary N) is 1. The summed E-state index contributed by atoms with van der Waals surface area (Å²) >= 11 is 0. The fraction of sp³-hybridized carbons (Fsp3) is 0.417. The van der Waals surface area contributed by atoms with Crippen LogP contribution in [-0.4, -0.2) is 20.9 Å². The van der Waals surface area contributed by atoms with Crippen LogP contribution < -0.4 is 10.5 Å². The highest BCUT2D eigenvalue weighted by atomic mass is 32.2. The number of benzene rings is 1. The van der Waals surface area contributed by atoms with Crippen LogP contribution in [0.2, 0.25) is 0 Å². The number of nitrogens with two attached hydrogens (primary N) is 1. The largest absolute Gasteiger partial charge is 0.352 e. The zero-order chi connectivity index (χ0) is 14.9. The number of sulfonamides is 1. The van der Waals surface area contributed by atoms with E-state index in [1.165, 1.54) is 0 Å². The number of amides is 1. The number of halogens is 2. The molecule has 1 aliphatic rings. The zero-order valence-corrected chi connectivity index (χ0v) is 11.3. The maximum Gasteiger partial charge on any atom is 0.257 e. The summed E-state index contributed by atoms with van der Waals surface area (Å²) in [4.78, 5) is 10.9. The first-order valence-corrected chi connectivity index (χ1v) is 7.64. The molecule has 0 aromatic heterocycles. The molecule has 1 aliphatic carbocycles. The summed E-state index contributed by atoms with van der Waals surface area (Å²) in [6, 6.07) is 1.41. The van der Waals surface area contributed by atoms with E-state index < -0.39 is 38.0 Å². The van der Waals surface area contributed by atoms with Gasteiger partial charge >= 0.3 is 0 Å². The first kappa shape index (κ1) is 14.9. The normalized spacial score (nSPS) is 15.8.